The molecule has 0 saturated heterocycles. The summed E-state index contributed by atoms with van der Waals surface area (Å²) in [6.45, 7) is 3.44. The molecule has 2 rings (SSSR count). The molecular formula is C25H35N3O8. The number of nitrogens with one attached hydrogen (secondary N) is 2. The first kappa shape index (κ1) is 28.8. The molecule has 3 N–H and O–H groups in total. The summed E-state index contributed by atoms with van der Waals surface area (Å²) < 4.78 is 9.98. The number of hydrogen-bond donors (Lipinski definition) is 3. The summed E-state index contributed by atoms with van der Waals surface area (Å²) in [5, 5.41) is 12.6. The molecule has 1 fully saturated rings. The van der Waals surface area contributed by atoms with E-state index in [1.165, 1.54) is 31.4 Å². The van der Waals surface area contributed by atoms with Gasteiger partial charge in [0, 0.05) is 17.9 Å². The Bertz CT molecular complexity index is 926. The fourth-order valence-electron chi connectivity index (χ4n) is 3.96. The van der Waals surface area contributed by atoms with Gasteiger partial charge in [-0.3, -0.25) is 24.4 Å². The van der Waals surface area contributed by atoms with Crippen LogP contribution >= 0.6 is 0 Å². The average molecular weight is 506 g/mol. The normalized spacial score (nSPS) is 14.5. The first-order valence-corrected chi connectivity index (χ1v) is 12.1. The number of carbonyl (C=O) groups is 5. The van der Waals surface area contributed by atoms with Crippen LogP contribution in [-0.4, -0.2) is 59.8 Å². The Hall–Kier alpha value is -3.47. The van der Waals surface area contributed by atoms with Crippen LogP contribution in [0.5, 0.6) is 0 Å². The van der Waals surface area contributed by atoms with Crippen molar-refractivity contribution in [2.24, 2.45) is 11.8 Å². The number of nitrogens with zero attached hydrogens (tertiary/aromatic N) is 1. The van der Waals surface area contributed by atoms with E-state index in [-0.39, 0.29) is 41.3 Å². The lowest BCUT2D eigenvalue weighted by molar-refractivity contribution is -0.177. The smallest absolute Gasteiger partial charge is 0.337 e. The number of methoxy groups -OCH3 is 1. The summed E-state index contributed by atoms with van der Waals surface area (Å²) >= 11 is 0. The third kappa shape index (κ3) is 9.29. The van der Waals surface area contributed by atoms with Gasteiger partial charge >= 0.3 is 11.9 Å². The molecule has 0 aromatic heterocycles. The highest BCUT2D eigenvalue weighted by Gasteiger charge is 2.27. The molecule has 0 heterocycles. The molecule has 198 valence electrons. The minimum absolute atomic E-state index is 0.0362. The van der Waals surface area contributed by atoms with Crippen LogP contribution in [-0.2, 0) is 23.9 Å². The summed E-state index contributed by atoms with van der Waals surface area (Å²) in [6, 6.07) is 5.40. The lowest BCUT2D eigenvalue weighted by Crippen LogP contribution is -2.46. The van der Waals surface area contributed by atoms with Crippen molar-refractivity contribution in [3.63, 3.8) is 0 Å². The second kappa shape index (κ2) is 14.2. The Balaban J connectivity index is 1.89. The van der Waals surface area contributed by atoms with E-state index < -0.39 is 35.6 Å². The fourth-order valence-corrected chi connectivity index (χ4v) is 3.96. The molecule has 1 unspecified atom stereocenters. The van der Waals surface area contributed by atoms with E-state index in [0.29, 0.717) is 6.42 Å². The monoisotopic (exact) mass is 505 g/mol. The summed E-state index contributed by atoms with van der Waals surface area (Å²) in [4.78, 5) is 61.1. The van der Waals surface area contributed by atoms with Gasteiger partial charge in [-0.15, -0.1) is 5.17 Å². The van der Waals surface area contributed by atoms with Crippen molar-refractivity contribution in [3.8, 4) is 0 Å². The summed E-state index contributed by atoms with van der Waals surface area (Å²) in [5.74, 6) is -4.09. The van der Waals surface area contributed by atoms with Gasteiger partial charge < -0.3 is 14.8 Å². The number of amides is 3. The zero-order valence-electron chi connectivity index (χ0n) is 21.0. The van der Waals surface area contributed by atoms with Crippen LogP contribution in [0.25, 0.3) is 0 Å². The molecule has 0 bridgehead atoms. The highest BCUT2D eigenvalue weighted by atomic mass is 16.6. The quantitative estimate of drug-likeness (QED) is 0.249. The van der Waals surface area contributed by atoms with E-state index in [1.54, 1.807) is 0 Å². The van der Waals surface area contributed by atoms with Crippen molar-refractivity contribution in [1.82, 2.24) is 15.9 Å². The number of hydrogen-bond acceptors (Lipinski definition) is 8. The SMILES string of the molecule is COC(=O)c1ccc(C(=O)NN(O)C(=O)CC(CC(C)C)C(=O)NCC(=O)OC2CCCCC2)cc1. The van der Waals surface area contributed by atoms with E-state index in [1.807, 2.05) is 19.3 Å². The van der Waals surface area contributed by atoms with E-state index in [9.17, 15) is 29.2 Å². The zero-order valence-corrected chi connectivity index (χ0v) is 21.0. The minimum Gasteiger partial charge on any atom is -0.465 e. The predicted octanol–water partition coefficient (Wildman–Crippen LogP) is 2.38. The second-order valence-corrected chi connectivity index (χ2v) is 9.21. The van der Waals surface area contributed by atoms with E-state index in [2.05, 4.69) is 10.1 Å². The minimum atomic E-state index is -0.903. The van der Waals surface area contributed by atoms with Crippen molar-refractivity contribution in [1.29, 1.82) is 0 Å². The lowest BCUT2D eigenvalue weighted by Gasteiger charge is -2.23. The maximum atomic E-state index is 12.7. The second-order valence-electron chi connectivity index (χ2n) is 9.21. The molecule has 1 atom stereocenters. The van der Waals surface area contributed by atoms with E-state index in [4.69, 9.17) is 4.74 Å². The van der Waals surface area contributed by atoms with Crippen LogP contribution in [0.2, 0.25) is 0 Å². The van der Waals surface area contributed by atoms with Gasteiger partial charge in [0.15, 0.2) is 0 Å². The van der Waals surface area contributed by atoms with Gasteiger partial charge in [0.1, 0.15) is 12.6 Å². The molecule has 1 aliphatic rings. The molecule has 11 nitrogen and oxygen atoms in total. The summed E-state index contributed by atoms with van der Waals surface area (Å²) in [6.07, 6.45) is 4.59. The Morgan fingerprint density at radius 1 is 1.03 bits per heavy atom. The highest BCUT2D eigenvalue weighted by Crippen LogP contribution is 2.20. The van der Waals surface area contributed by atoms with Gasteiger partial charge in [0.25, 0.3) is 11.8 Å². The number of rotatable bonds is 10. The van der Waals surface area contributed by atoms with Gasteiger partial charge in [-0.25, -0.2) is 10.2 Å². The molecule has 1 aromatic rings. The average Bonchev–Trinajstić information content (AvgIpc) is 2.86. The molecule has 36 heavy (non-hydrogen) atoms. The molecule has 11 heteroatoms. The number of esters is 2. The molecule has 1 saturated carbocycles. The summed E-state index contributed by atoms with van der Waals surface area (Å²) in [7, 11) is 1.23. The largest absolute Gasteiger partial charge is 0.465 e. The molecule has 1 aromatic carbocycles. The number of ether oxygens (including phenoxy) is 2. The van der Waals surface area contributed by atoms with Crippen LogP contribution in [0.1, 0.15) is 79.5 Å². The highest BCUT2D eigenvalue weighted by molar-refractivity contribution is 5.97. The molecular weight excluding hydrogens is 470 g/mol. The van der Waals surface area contributed by atoms with Crippen LogP contribution in [0.4, 0.5) is 0 Å². The molecule has 0 radical (unpaired) electrons. The maximum Gasteiger partial charge on any atom is 0.337 e. The van der Waals surface area contributed by atoms with Gasteiger partial charge in [-0.1, -0.05) is 20.3 Å². The lowest BCUT2D eigenvalue weighted by atomic mass is 9.93. The van der Waals surface area contributed by atoms with Crippen LogP contribution < -0.4 is 10.7 Å². The molecule has 3 amide bonds. The Morgan fingerprint density at radius 3 is 2.22 bits per heavy atom. The predicted molar refractivity (Wildman–Crippen MR) is 127 cm³/mol. The number of carbonyl (C=O) groups excluding carboxylic acids is 5. The van der Waals surface area contributed by atoms with Crippen molar-refractivity contribution in [2.75, 3.05) is 13.7 Å². The Kier molecular flexibility index (Phi) is 11.3. The fraction of sp³-hybridized carbons (Fsp3) is 0.560. The number of hydrazine groups is 1. The first-order valence-electron chi connectivity index (χ1n) is 12.1. The standard InChI is InChI=1S/C25H35N3O8/c1-16(2)13-19(23(31)26-15-22(30)36-20-7-5-4-6-8-20)14-21(29)28(34)27-24(32)17-9-11-18(12-10-17)25(33)35-3/h9-12,16,19-20,34H,4-8,13-15H2,1-3H3,(H,26,31)(H,27,32). The van der Waals surface area contributed by atoms with Gasteiger partial charge in [0.05, 0.1) is 12.7 Å². The van der Waals surface area contributed by atoms with Crippen LogP contribution in [0, 0.1) is 11.8 Å². The Morgan fingerprint density at radius 2 is 1.64 bits per heavy atom. The maximum absolute atomic E-state index is 12.7. The molecule has 0 spiro atoms. The van der Waals surface area contributed by atoms with Crippen molar-refractivity contribution < 1.29 is 38.7 Å². The van der Waals surface area contributed by atoms with Crippen molar-refractivity contribution in [2.45, 2.75) is 64.9 Å². The van der Waals surface area contributed by atoms with E-state index in [0.717, 1.165) is 32.1 Å². The molecule has 0 aliphatic heterocycles. The van der Waals surface area contributed by atoms with Crippen molar-refractivity contribution in [3.05, 3.63) is 35.4 Å². The van der Waals surface area contributed by atoms with Crippen LogP contribution in [0.3, 0.4) is 0 Å². The van der Waals surface area contributed by atoms with Gasteiger partial charge in [-0.2, -0.15) is 0 Å². The topological polar surface area (TPSA) is 151 Å². The van der Waals surface area contributed by atoms with E-state index >= 15 is 0 Å². The van der Waals surface area contributed by atoms with Gasteiger partial charge in [0.2, 0.25) is 5.91 Å². The third-order valence-electron chi connectivity index (χ3n) is 5.82. The number of benzene rings is 1. The molecule has 1 aliphatic carbocycles. The third-order valence-corrected chi connectivity index (χ3v) is 5.82. The summed E-state index contributed by atoms with van der Waals surface area (Å²) in [5.41, 5.74) is 2.35. The van der Waals surface area contributed by atoms with Crippen LogP contribution in [0.15, 0.2) is 24.3 Å². The first-order chi connectivity index (χ1) is 17.1. The van der Waals surface area contributed by atoms with Gasteiger partial charge in [-0.05, 0) is 62.3 Å². The Labute approximate surface area is 210 Å². The zero-order chi connectivity index (χ0) is 26.7. The number of hydroxylamine groups is 1. The van der Waals surface area contributed by atoms with Crippen molar-refractivity contribution >= 4 is 29.7 Å².